The maximum absolute atomic E-state index is 12.2. The van der Waals surface area contributed by atoms with E-state index >= 15 is 0 Å². The van der Waals surface area contributed by atoms with Crippen LogP contribution in [0, 0.1) is 6.92 Å². The van der Waals surface area contributed by atoms with Gasteiger partial charge in [0.2, 0.25) is 17.8 Å². The third-order valence-electron chi connectivity index (χ3n) is 5.21. The van der Waals surface area contributed by atoms with Gasteiger partial charge in [0.05, 0.1) is 0 Å². The van der Waals surface area contributed by atoms with Gasteiger partial charge in [0.15, 0.2) is 0 Å². The highest BCUT2D eigenvalue weighted by atomic mass is 16.2. The number of benzene rings is 2. The van der Waals surface area contributed by atoms with Crippen LogP contribution in [0.2, 0.25) is 0 Å². The molecule has 0 unspecified atom stereocenters. The molecule has 1 saturated heterocycles. The lowest BCUT2D eigenvalue weighted by Crippen LogP contribution is -2.29. The van der Waals surface area contributed by atoms with Gasteiger partial charge in [-0.1, -0.05) is 60.2 Å². The molecule has 3 aromatic rings. The zero-order valence-corrected chi connectivity index (χ0v) is 15.9. The molecule has 29 heavy (non-hydrogen) atoms. The maximum Gasteiger partial charge on any atom is 0.260 e. The quantitative estimate of drug-likeness (QED) is 0.700. The average Bonchev–Trinajstić information content (AvgIpc) is 3.30. The van der Waals surface area contributed by atoms with E-state index in [0.717, 1.165) is 21.7 Å². The molecule has 0 spiro atoms. The van der Waals surface area contributed by atoms with E-state index in [1.54, 1.807) is 4.68 Å². The first kappa shape index (κ1) is 17.4. The number of nitrogens with one attached hydrogen (secondary N) is 1. The molecule has 0 bridgehead atoms. The molecular formula is C22H19N5O2. The summed E-state index contributed by atoms with van der Waals surface area (Å²) in [6, 6.07) is 18.0. The fourth-order valence-electron chi connectivity index (χ4n) is 3.66. The summed E-state index contributed by atoms with van der Waals surface area (Å²) in [6.45, 7) is 2.04. The number of carbonyl (C=O) groups is 2. The first-order valence-corrected chi connectivity index (χ1v) is 9.53. The molecule has 3 heterocycles. The lowest BCUT2D eigenvalue weighted by molar-refractivity contribution is -0.121. The number of carbonyl (C=O) groups excluding carboxylic acids is 2. The summed E-state index contributed by atoms with van der Waals surface area (Å²) in [5.74, 6) is 0.0985. The molecule has 1 atom stereocenters. The van der Waals surface area contributed by atoms with Crippen molar-refractivity contribution in [1.29, 1.82) is 0 Å². The summed E-state index contributed by atoms with van der Waals surface area (Å²) in [7, 11) is 0. The minimum absolute atomic E-state index is 0.125. The van der Waals surface area contributed by atoms with E-state index in [1.165, 1.54) is 5.56 Å². The van der Waals surface area contributed by atoms with E-state index in [0.29, 0.717) is 5.95 Å². The van der Waals surface area contributed by atoms with Crippen molar-refractivity contribution in [3.05, 3.63) is 77.4 Å². The van der Waals surface area contributed by atoms with Crippen molar-refractivity contribution in [1.82, 2.24) is 14.8 Å². The largest absolute Gasteiger partial charge is 0.324 e. The second kappa shape index (κ2) is 6.70. The molecule has 1 aromatic heterocycles. The van der Waals surface area contributed by atoms with Crippen molar-refractivity contribution in [3.63, 3.8) is 0 Å². The van der Waals surface area contributed by atoms with Gasteiger partial charge in [0, 0.05) is 18.5 Å². The van der Waals surface area contributed by atoms with Crippen LogP contribution < -0.4 is 10.2 Å². The zero-order valence-electron chi connectivity index (χ0n) is 15.9. The Bertz CT molecular complexity index is 1120. The summed E-state index contributed by atoms with van der Waals surface area (Å²) in [6.07, 6.45) is 2.48. The third kappa shape index (κ3) is 3.00. The third-order valence-corrected chi connectivity index (χ3v) is 5.21. The summed E-state index contributed by atoms with van der Waals surface area (Å²) >= 11 is 0. The van der Waals surface area contributed by atoms with Crippen molar-refractivity contribution >= 4 is 29.4 Å². The molecule has 7 heteroatoms. The van der Waals surface area contributed by atoms with E-state index in [2.05, 4.69) is 45.7 Å². The van der Waals surface area contributed by atoms with Gasteiger partial charge in [-0.3, -0.25) is 9.59 Å². The Hall–Kier alpha value is -3.74. The standard InChI is InChI=1S/C22H19N5O2/c1-14-7-9-16(10-8-14)18-13-17(15-5-3-2-4-6-15)23-21-24-22(25-27(18)21)26-19(28)11-12-20(26)29/h2-10,13,18H,11-12H2,1H3,(H,23,24,25)/t18-/m1/s1. The average molecular weight is 385 g/mol. The molecular weight excluding hydrogens is 366 g/mol. The molecule has 1 fully saturated rings. The minimum Gasteiger partial charge on any atom is -0.324 e. The molecule has 0 saturated carbocycles. The molecule has 2 amide bonds. The number of fused-ring (bicyclic) bond motifs is 1. The number of amides is 2. The fourth-order valence-corrected chi connectivity index (χ4v) is 3.66. The summed E-state index contributed by atoms with van der Waals surface area (Å²) in [4.78, 5) is 29.9. The van der Waals surface area contributed by atoms with Crippen LogP contribution in [0.25, 0.3) is 5.70 Å². The first-order valence-electron chi connectivity index (χ1n) is 9.53. The summed E-state index contributed by atoms with van der Waals surface area (Å²) in [5.41, 5.74) is 4.14. The lowest BCUT2D eigenvalue weighted by atomic mass is 10.0. The number of aromatic nitrogens is 3. The van der Waals surface area contributed by atoms with Crippen molar-refractivity contribution in [2.24, 2.45) is 0 Å². The van der Waals surface area contributed by atoms with Gasteiger partial charge in [-0.25, -0.2) is 9.58 Å². The smallest absolute Gasteiger partial charge is 0.260 e. The Kier molecular flexibility index (Phi) is 4.01. The summed E-state index contributed by atoms with van der Waals surface area (Å²) in [5, 5.41) is 7.82. The maximum atomic E-state index is 12.2. The van der Waals surface area contributed by atoms with Crippen molar-refractivity contribution in [2.45, 2.75) is 25.8 Å². The molecule has 5 rings (SSSR count). The second-order valence-electron chi connectivity index (χ2n) is 7.23. The van der Waals surface area contributed by atoms with Crippen LogP contribution in [0.4, 0.5) is 11.9 Å². The lowest BCUT2D eigenvalue weighted by Gasteiger charge is -2.24. The first-order chi connectivity index (χ1) is 14.1. The number of hydrogen-bond acceptors (Lipinski definition) is 5. The molecule has 7 nitrogen and oxygen atoms in total. The van der Waals surface area contributed by atoms with Crippen molar-refractivity contribution in [2.75, 3.05) is 10.2 Å². The van der Waals surface area contributed by atoms with Gasteiger partial charge in [-0.2, -0.15) is 4.98 Å². The number of rotatable bonds is 3. The van der Waals surface area contributed by atoms with Crippen molar-refractivity contribution in [3.8, 4) is 0 Å². The van der Waals surface area contributed by atoms with Crippen LogP contribution in [-0.2, 0) is 9.59 Å². The normalized spacial score (nSPS) is 18.4. The number of hydrogen-bond donors (Lipinski definition) is 1. The van der Waals surface area contributed by atoms with Gasteiger partial charge in [-0.15, -0.1) is 5.10 Å². The number of imide groups is 1. The highest BCUT2D eigenvalue weighted by molar-refractivity contribution is 6.18. The van der Waals surface area contributed by atoms with Crippen LogP contribution >= 0.6 is 0 Å². The Balaban J connectivity index is 1.61. The van der Waals surface area contributed by atoms with Crippen LogP contribution in [0.5, 0.6) is 0 Å². The molecule has 0 aliphatic carbocycles. The molecule has 144 valence electrons. The fraction of sp³-hybridized carbons (Fsp3) is 0.182. The van der Waals surface area contributed by atoms with Crippen LogP contribution in [0.3, 0.4) is 0 Å². The highest BCUT2D eigenvalue weighted by Crippen LogP contribution is 2.34. The Morgan fingerprint density at radius 1 is 0.966 bits per heavy atom. The van der Waals surface area contributed by atoms with E-state index < -0.39 is 0 Å². The van der Waals surface area contributed by atoms with Crippen LogP contribution in [0.1, 0.15) is 35.6 Å². The minimum atomic E-state index is -0.263. The topological polar surface area (TPSA) is 80.1 Å². The number of anilines is 2. The monoisotopic (exact) mass is 385 g/mol. The van der Waals surface area contributed by atoms with Gasteiger partial charge in [0.1, 0.15) is 6.04 Å². The summed E-state index contributed by atoms with van der Waals surface area (Å²) < 4.78 is 1.73. The van der Waals surface area contributed by atoms with Crippen molar-refractivity contribution < 1.29 is 9.59 Å². The van der Waals surface area contributed by atoms with Gasteiger partial charge >= 0.3 is 0 Å². The predicted octanol–water partition coefficient (Wildman–Crippen LogP) is 3.30. The zero-order chi connectivity index (χ0) is 20.0. The SMILES string of the molecule is Cc1ccc([C@H]2C=C(c3ccccc3)Nc3nc(N4C(=O)CCC4=O)nn32)cc1. The molecule has 2 aliphatic rings. The molecule has 1 N–H and O–H groups in total. The van der Waals surface area contributed by atoms with Gasteiger partial charge in [0.25, 0.3) is 5.95 Å². The highest BCUT2D eigenvalue weighted by Gasteiger charge is 2.35. The van der Waals surface area contributed by atoms with Gasteiger partial charge in [-0.05, 0) is 24.1 Å². The van der Waals surface area contributed by atoms with Crippen LogP contribution in [-0.4, -0.2) is 26.6 Å². The Morgan fingerprint density at radius 3 is 2.34 bits per heavy atom. The second-order valence-corrected chi connectivity index (χ2v) is 7.23. The number of nitrogens with zero attached hydrogens (tertiary/aromatic N) is 4. The number of aryl methyl sites for hydroxylation is 1. The van der Waals surface area contributed by atoms with E-state index in [4.69, 9.17) is 0 Å². The van der Waals surface area contributed by atoms with Gasteiger partial charge < -0.3 is 5.32 Å². The molecule has 0 radical (unpaired) electrons. The molecule has 2 aromatic carbocycles. The van der Waals surface area contributed by atoms with E-state index in [9.17, 15) is 9.59 Å². The van der Waals surface area contributed by atoms with Crippen LogP contribution in [0.15, 0.2) is 60.7 Å². The van der Waals surface area contributed by atoms with E-state index in [-0.39, 0.29) is 36.6 Å². The Labute approximate surface area is 167 Å². The molecule has 2 aliphatic heterocycles. The number of allylic oxidation sites excluding steroid dienone is 1. The predicted molar refractivity (Wildman–Crippen MR) is 109 cm³/mol. The van der Waals surface area contributed by atoms with E-state index in [1.807, 2.05) is 37.3 Å². The Morgan fingerprint density at radius 2 is 1.66 bits per heavy atom.